The van der Waals surface area contributed by atoms with Crippen LogP contribution in [0.1, 0.15) is 41.5 Å². The molecule has 0 saturated heterocycles. The second kappa shape index (κ2) is 7.81. The molecule has 0 N–H and O–H groups in total. The molecule has 124 valence electrons. The van der Waals surface area contributed by atoms with Gasteiger partial charge in [0, 0.05) is 12.5 Å². The summed E-state index contributed by atoms with van der Waals surface area (Å²) >= 11 is 0. The van der Waals surface area contributed by atoms with Gasteiger partial charge >= 0.3 is 0 Å². The van der Waals surface area contributed by atoms with Crippen LogP contribution in [0.3, 0.4) is 0 Å². The first-order valence-corrected chi connectivity index (χ1v) is 7.75. The zero-order chi connectivity index (χ0) is 16.8. The van der Waals surface area contributed by atoms with E-state index in [1.165, 1.54) is 0 Å². The fraction of sp³-hybridized carbons (Fsp3) is 0.444. The number of hydrogen-bond acceptors (Lipinski definition) is 5. The summed E-state index contributed by atoms with van der Waals surface area (Å²) in [7, 11) is 1.55. The number of benzene rings is 1. The molecule has 0 radical (unpaired) electrons. The maximum absolute atomic E-state index is 5.96. The van der Waals surface area contributed by atoms with Crippen LogP contribution in [0.25, 0.3) is 0 Å². The molecule has 0 amide bonds. The first-order chi connectivity index (χ1) is 11.0. The van der Waals surface area contributed by atoms with E-state index < -0.39 is 0 Å². The minimum Gasteiger partial charge on any atom is -0.493 e. The van der Waals surface area contributed by atoms with Crippen LogP contribution in [0.4, 0.5) is 0 Å². The lowest BCUT2D eigenvalue weighted by molar-refractivity contribution is 0.213. The van der Waals surface area contributed by atoms with Crippen molar-refractivity contribution in [3.05, 3.63) is 46.3 Å². The van der Waals surface area contributed by atoms with Crippen LogP contribution < -0.4 is 4.74 Å². The smallest absolute Gasteiger partial charge is 0.137 e. The van der Waals surface area contributed by atoms with E-state index in [1.807, 2.05) is 33.8 Å². The molecule has 5 heteroatoms. The van der Waals surface area contributed by atoms with Crippen molar-refractivity contribution in [2.24, 2.45) is 5.16 Å². The molecule has 1 aromatic carbocycles. The Morgan fingerprint density at radius 1 is 1.17 bits per heavy atom. The molecular weight excluding hydrogens is 292 g/mol. The zero-order valence-electron chi connectivity index (χ0n) is 14.5. The van der Waals surface area contributed by atoms with E-state index in [0.29, 0.717) is 6.61 Å². The molecule has 1 heterocycles. The summed E-state index contributed by atoms with van der Waals surface area (Å²) in [5, 5.41) is 7.86. The Hall–Kier alpha value is -2.30. The van der Waals surface area contributed by atoms with Gasteiger partial charge in [0.15, 0.2) is 0 Å². The summed E-state index contributed by atoms with van der Waals surface area (Å²) in [6, 6.07) is 6.10. The van der Waals surface area contributed by atoms with E-state index in [1.54, 1.807) is 7.11 Å². The maximum Gasteiger partial charge on any atom is 0.137 e. The van der Waals surface area contributed by atoms with Gasteiger partial charge in [0.2, 0.25) is 0 Å². The summed E-state index contributed by atoms with van der Waals surface area (Å²) in [5.41, 5.74) is 5.01. The van der Waals surface area contributed by atoms with Crippen molar-refractivity contribution in [2.75, 3.05) is 13.7 Å². The van der Waals surface area contributed by atoms with E-state index in [2.05, 4.69) is 22.4 Å². The predicted octanol–water partition coefficient (Wildman–Crippen LogP) is 3.98. The monoisotopic (exact) mass is 316 g/mol. The van der Waals surface area contributed by atoms with Crippen molar-refractivity contribution in [3.8, 4) is 5.75 Å². The van der Waals surface area contributed by atoms with Gasteiger partial charge in [-0.15, -0.1) is 0 Å². The topological polar surface area (TPSA) is 56.9 Å². The van der Waals surface area contributed by atoms with Crippen molar-refractivity contribution < 1.29 is 14.1 Å². The molecule has 0 atom stereocenters. The van der Waals surface area contributed by atoms with E-state index in [-0.39, 0.29) is 0 Å². The van der Waals surface area contributed by atoms with Gasteiger partial charge < -0.3 is 14.1 Å². The summed E-state index contributed by atoms with van der Waals surface area (Å²) in [6.07, 6.45) is 1.72. The molecule has 0 fully saturated rings. The van der Waals surface area contributed by atoms with Gasteiger partial charge in [-0.3, -0.25) is 0 Å². The SMILES string of the molecule is CON=C(C)c1cc(C)c(OCCCc2cc(C)no2)c(C)c1. The van der Waals surface area contributed by atoms with Gasteiger partial charge in [0.25, 0.3) is 0 Å². The first-order valence-electron chi connectivity index (χ1n) is 7.75. The second-order valence-corrected chi connectivity index (χ2v) is 5.69. The van der Waals surface area contributed by atoms with E-state index >= 15 is 0 Å². The number of aryl methyl sites for hydroxylation is 4. The number of hydrogen-bond donors (Lipinski definition) is 0. The summed E-state index contributed by atoms with van der Waals surface area (Å²) < 4.78 is 11.2. The van der Waals surface area contributed by atoms with Crippen LogP contribution in [0.15, 0.2) is 27.9 Å². The Bertz CT molecular complexity index is 666. The molecule has 1 aromatic heterocycles. The Balaban J connectivity index is 1.96. The highest BCUT2D eigenvalue weighted by Crippen LogP contribution is 2.25. The van der Waals surface area contributed by atoms with Crippen LogP contribution >= 0.6 is 0 Å². The van der Waals surface area contributed by atoms with Gasteiger partial charge in [0.1, 0.15) is 18.6 Å². The molecule has 0 bridgehead atoms. The lowest BCUT2D eigenvalue weighted by atomic mass is 10.0. The van der Waals surface area contributed by atoms with E-state index in [4.69, 9.17) is 14.1 Å². The zero-order valence-corrected chi connectivity index (χ0v) is 14.5. The predicted molar refractivity (Wildman–Crippen MR) is 90.2 cm³/mol. The van der Waals surface area contributed by atoms with Crippen molar-refractivity contribution in [3.63, 3.8) is 0 Å². The Labute approximate surface area is 137 Å². The first kappa shape index (κ1) is 17.1. The van der Waals surface area contributed by atoms with Gasteiger partial charge in [-0.1, -0.05) is 10.3 Å². The average Bonchev–Trinajstić information content (AvgIpc) is 2.91. The molecule has 23 heavy (non-hydrogen) atoms. The van der Waals surface area contributed by atoms with Gasteiger partial charge in [0.05, 0.1) is 18.0 Å². The summed E-state index contributed by atoms with van der Waals surface area (Å²) in [4.78, 5) is 4.83. The van der Waals surface area contributed by atoms with Crippen LogP contribution in [0.2, 0.25) is 0 Å². The van der Waals surface area contributed by atoms with Crippen molar-refractivity contribution in [2.45, 2.75) is 40.5 Å². The van der Waals surface area contributed by atoms with Crippen molar-refractivity contribution in [1.82, 2.24) is 5.16 Å². The molecule has 0 spiro atoms. The van der Waals surface area contributed by atoms with E-state index in [0.717, 1.165) is 52.4 Å². The number of nitrogens with zero attached hydrogens (tertiary/aromatic N) is 2. The largest absolute Gasteiger partial charge is 0.493 e. The third-order valence-electron chi connectivity index (χ3n) is 3.60. The molecule has 0 aliphatic heterocycles. The summed E-state index contributed by atoms with van der Waals surface area (Å²) in [6.45, 7) is 8.59. The molecule has 0 aliphatic carbocycles. The lowest BCUT2D eigenvalue weighted by Crippen LogP contribution is -2.04. The Kier molecular flexibility index (Phi) is 5.79. The molecule has 2 aromatic rings. The normalized spacial score (nSPS) is 11.6. The average molecular weight is 316 g/mol. The number of oxime groups is 1. The number of ether oxygens (including phenoxy) is 1. The van der Waals surface area contributed by atoms with Crippen LogP contribution in [0, 0.1) is 20.8 Å². The minimum absolute atomic E-state index is 0.645. The lowest BCUT2D eigenvalue weighted by Gasteiger charge is -2.13. The molecule has 0 saturated carbocycles. The standard InChI is InChI=1S/C18H24N2O3/c1-12-9-16(15(4)20-21-5)10-13(2)18(12)22-8-6-7-17-11-14(3)19-23-17/h9-11H,6-8H2,1-5H3. The number of rotatable bonds is 7. The van der Waals surface area contributed by atoms with Gasteiger partial charge in [-0.05, 0) is 62.9 Å². The number of aromatic nitrogens is 1. The molecular formula is C18H24N2O3. The highest BCUT2D eigenvalue weighted by Gasteiger charge is 2.09. The Morgan fingerprint density at radius 3 is 2.43 bits per heavy atom. The highest BCUT2D eigenvalue weighted by atomic mass is 16.6. The third-order valence-corrected chi connectivity index (χ3v) is 3.60. The van der Waals surface area contributed by atoms with E-state index in [9.17, 15) is 0 Å². The highest BCUT2D eigenvalue weighted by molar-refractivity contribution is 5.98. The van der Waals surface area contributed by atoms with Gasteiger partial charge in [-0.25, -0.2) is 0 Å². The quantitative estimate of drug-likeness (QED) is 0.440. The molecule has 2 rings (SSSR count). The minimum atomic E-state index is 0.645. The van der Waals surface area contributed by atoms with Crippen LogP contribution in [0.5, 0.6) is 5.75 Å². The maximum atomic E-state index is 5.96. The van der Waals surface area contributed by atoms with Crippen LogP contribution in [-0.2, 0) is 11.3 Å². The summed E-state index contributed by atoms with van der Waals surface area (Å²) in [5.74, 6) is 1.84. The molecule has 0 aliphatic rings. The Morgan fingerprint density at radius 2 is 1.87 bits per heavy atom. The molecule has 5 nitrogen and oxygen atoms in total. The third kappa shape index (κ3) is 4.58. The molecule has 0 unspecified atom stereocenters. The van der Waals surface area contributed by atoms with Crippen molar-refractivity contribution >= 4 is 5.71 Å². The van der Waals surface area contributed by atoms with Crippen molar-refractivity contribution in [1.29, 1.82) is 0 Å². The fourth-order valence-electron chi connectivity index (χ4n) is 2.53. The second-order valence-electron chi connectivity index (χ2n) is 5.69. The van der Waals surface area contributed by atoms with Gasteiger partial charge in [-0.2, -0.15) is 0 Å². The van der Waals surface area contributed by atoms with Crippen LogP contribution in [-0.4, -0.2) is 24.6 Å². The fourth-order valence-corrected chi connectivity index (χ4v) is 2.53.